The molecule has 0 unspecified atom stereocenters. The molecule has 9 nitrogen and oxygen atoms in total. The van der Waals surface area contributed by atoms with Gasteiger partial charge in [-0.15, -0.1) is 0 Å². The lowest BCUT2D eigenvalue weighted by molar-refractivity contribution is -0.173. The van der Waals surface area contributed by atoms with Crippen LogP contribution in [0.4, 0.5) is 23.7 Å². The van der Waals surface area contributed by atoms with Crippen LogP contribution in [0.1, 0.15) is 24.8 Å². The molecule has 0 bridgehead atoms. The molecule has 1 atom stereocenters. The second kappa shape index (κ2) is 9.96. The fraction of sp³-hybridized carbons (Fsp3) is 0.368. The van der Waals surface area contributed by atoms with Crippen LogP contribution in [0.5, 0.6) is 0 Å². The minimum atomic E-state index is -4.98. The van der Waals surface area contributed by atoms with Gasteiger partial charge in [0.15, 0.2) is 0 Å². The third kappa shape index (κ3) is 7.01. The molecule has 1 heterocycles. The van der Waals surface area contributed by atoms with Crippen molar-refractivity contribution in [2.75, 3.05) is 11.9 Å². The highest BCUT2D eigenvalue weighted by molar-refractivity contribution is 5.98. The predicted octanol–water partition coefficient (Wildman–Crippen LogP) is 2.52. The van der Waals surface area contributed by atoms with Gasteiger partial charge in [0, 0.05) is 29.8 Å². The van der Waals surface area contributed by atoms with E-state index in [9.17, 15) is 32.3 Å². The van der Waals surface area contributed by atoms with Crippen molar-refractivity contribution in [2.24, 2.45) is 0 Å². The fourth-order valence-corrected chi connectivity index (χ4v) is 2.83. The van der Waals surface area contributed by atoms with E-state index >= 15 is 0 Å². The Balaban J connectivity index is 1.98. The maximum Gasteiger partial charge on any atom is 0.471 e. The zero-order chi connectivity index (χ0) is 23.2. The molecule has 0 aliphatic carbocycles. The number of aryl methyl sites for hydroxylation is 1. The minimum absolute atomic E-state index is 0.0121. The number of hydrogen-bond donors (Lipinski definition) is 4. The Morgan fingerprint density at radius 3 is 2.52 bits per heavy atom. The van der Waals surface area contributed by atoms with E-state index in [0.717, 1.165) is 0 Å². The lowest BCUT2D eigenvalue weighted by Crippen LogP contribution is -2.43. The van der Waals surface area contributed by atoms with E-state index < -0.39 is 35.8 Å². The molecule has 168 valence electrons. The number of carboxylic acid groups (broad SMARTS) is 1. The molecule has 0 fully saturated rings. The van der Waals surface area contributed by atoms with Crippen LogP contribution in [0.25, 0.3) is 11.0 Å². The van der Waals surface area contributed by atoms with E-state index in [2.05, 4.69) is 5.32 Å². The summed E-state index contributed by atoms with van der Waals surface area (Å²) in [6.45, 7) is 1.45. The molecule has 0 saturated carbocycles. The second-order valence-electron chi connectivity index (χ2n) is 6.70. The molecule has 1 aromatic carbocycles. The summed E-state index contributed by atoms with van der Waals surface area (Å²) in [4.78, 5) is 45.7. The van der Waals surface area contributed by atoms with Gasteiger partial charge in [0.05, 0.1) is 0 Å². The Labute approximate surface area is 173 Å². The summed E-state index contributed by atoms with van der Waals surface area (Å²) in [7, 11) is 0. The first kappa shape index (κ1) is 23.7. The van der Waals surface area contributed by atoms with E-state index in [1.54, 1.807) is 24.4 Å². The fourth-order valence-electron chi connectivity index (χ4n) is 2.83. The van der Waals surface area contributed by atoms with Gasteiger partial charge in [0.2, 0.25) is 5.91 Å². The SMILES string of the molecule is Cc1cc(=O)oc2cc(NC(=O)[C@H](CCCCNC(=O)C(F)(F)F)NC(=O)O)ccc12. The Hall–Kier alpha value is -3.57. The number of benzene rings is 1. The maximum atomic E-state index is 12.5. The smallest absolute Gasteiger partial charge is 0.465 e. The van der Waals surface area contributed by atoms with Crippen LogP contribution in [0, 0.1) is 6.92 Å². The van der Waals surface area contributed by atoms with Crippen molar-refractivity contribution in [3.05, 3.63) is 40.2 Å². The van der Waals surface area contributed by atoms with Gasteiger partial charge in [-0.3, -0.25) is 9.59 Å². The number of carbonyl (C=O) groups is 3. The number of fused-ring (bicyclic) bond motifs is 1. The van der Waals surface area contributed by atoms with Gasteiger partial charge in [0.1, 0.15) is 11.6 Å². The number of alkyl halides is 3. The summed E-state index contributed by atoms with van der Waals surface area (Å²) in [5, 5.41) is 15.9. The van der Waals surface area contributed by atoms with E-state index in [1.807, 2.05) is 5.32 Å². The van der Waals surface area contributed by atoms with Crippen LogP contribution in [0.15, 0.2) is 33.5 Å². The van der Waals surface area contributed by atoms with Crippen LogP contribution in [-0.2, 0) is 9.59 Å². The number of halogens is 3. The number of hydrogen-bond acceptors (Lipinski definition) is 5. The Bertz CT molecular complexity index is 1030. The van der Waals surface area contributed by atoms with Crippen LogP contribution in [-0.4, -0.2) is 41.8 Å². The van der Waals surface area contributed by atoms with E-state index in [0.29, 0.717) is 10.9 Å². The van der Waals surface area contributed by atoms with Gasteiger partial charge in [-0.2, -0.15) is 13.2 Å². The summed E-state index contributed by atoms with van der Waals surface area (Å²) in [6, 6.07) is 4.75. The van der Waals surface area contributed by atoms with Gasteiger partial charge < -0.3 is 25.5 Å². The van der Waals surface area contributed by atoms with Gasteiger partial charge in [-0.05, 0) is 43.9 Å². The summed E-state index contributed by atoms with van der Waals surface area (Å²) in [5.41, 5.74) is 0.635. The molecule has 2 aromatic rings. The number of nitrogens with one attached hydrogen (secondary N) is 3. The highest BCUT2D eigenvalue weighted by atomic mass is 19.4. The topological polar surface area (TPSA) is 138 Å². The molecule has 0 saturated heterocycles. The van der Waals surface area contributed by atoms with E-state index in [-0.39, 0.29) is 37.1 Å². The van der Waals surface area contributed by atoms with Gasteiger partial charge in [0.25, 0.3) is 0 Å². The molecular weight excluding hydrogens is 423 g/mol. The van der Waals surface area contributed by atoms with Crippen molar-refractivity contribution < 1.29 is 37.1 Å². The lowest BCUT2D eigenvalue weighted by Gasteiger charge is -2.17. The van der Waals surface area contributed by atoms with Gasteiger partial charge in [-0.1, -0.05) is 0 Å². The predicted molar refractivity (Wildman–Crippen MR) is 104 cm³/mol. The number of unbranched alkanes of at least 4 members (excludes halogenated alkanes) is 1. The normalized spacial score (nSPS) is 12.3. The molecule has 2 rings (SSSR count). The van der Waals surface area contributed by atoms with Crippen LogP contribution >= 0.6 is 0 Å². The molecule has 0 aliphatic heterocycles. The molecular formula is C19H20F3N3O6. The quantitative estimate of drug-likeness (QED) is 0.365. The molecule has 12 heteroatoms. The van der Waals surface area contributed by atoms with Crippen molar-refractivity contribution in [1.82, 2.24) is 10.6 Å². The van der Waals surface area contributed by atoms with Crippen LogP contribution < -0.4 is 21.6 Å². The van der Waals surface area contributed by atoms with Crippen molar-refractivity contribution in [2.45, 2.75) is 38.4 Å². The van der Waals surface area contributed by atoms with Crippen molar-refractivity contribution in [3.8, 4) is 0 Å². The maximum absolute atomic E-state index is 12.5. The first-order valence-corrected chi connectivity index (χ1v) is 9.17. The summed E-state index contributed by atoms with van der Waals surface area (Å²) in [6.07, 6.45) is -6.17. The first-order valence-electron chi connectivity index (χ1n) is 9.17. The zero-order valence-corrected chi connectivity index (χ0v) is 16.3. The summed E-state index contributed by atoms with van der Waals surface area (Å²) >= 11 is 0. The Morgan fingerprint density at radius 1 is 1.16 bits per heavy atom. The molecule has 1 aromatic heterocycles. The molecule has 0 aliphatic rings. The largest absolute Gasteiger partial charge is 0.471 e. The van der Waals surface area contributed by atoms with Crippen LogP contribution in [0.2, 0.25) is 0 Å². The highest BCUT2D eigenvalue weighted by Crippen LogP contribution is 2.21. The molecule has 31 heavy (non-hydrogen) atoms. The lowest BCUT2D eigenvalue weighted by atomic mass is 10.1. The molecule has 0 spiro atoms. The summed E-state index contributed by atoms with van der Waals surface area (Å²) in [5.74, 6) is -2.76. The Morgan fingerprint density at radius 2 is 1.87 bits per heavy atom. The van der Waals surface area contributed by atoms with E-state index in [1.165, 1.54) is 12.1 Å². The van der Waals surface area contributed by atoms with Crippen molar-refractivity contribution in [1.29, 1.82) is 0 Å². The monoisotopic (exact) mass is 443 g/mol. The third-order valence-electron chi connectivity index (χ3n) is 4.30. The van der Waals surface area contributed by atoms with Crippen molar-refractivity contribution in [3.63, 3.8) is 0 Å². The third-order valence-corrected chi connectivity index (χ3v) is 4.30. The van der Waals surface area contributed by atoms with Crippen LogP contribution in [0.3, 0.4) is 0 Å². The zero-order valence-electron chi connectivity index (χ0n) is 16.3. The molecule has 3 amide bonds. The van der Waals surface area contributed by atoms with E-state index in [4.69, 9.17) is 9.52 Å². The summed E-state index contributed by atoms with van der Waals surface area (Å²) < 4.78 is 41.5. The average Bonchev–Trinajstić information content (AvgIpc) is 2.65. The van der Waals surface area contributed by atoms with Gasteiger partial charge in [-0.25, -0.2) is 9.59 Å². The number of anilines is 1. The van der Waals surface area contributed by atoms with Gasteiger partial charge >= 0.3 is 23.8 Å². The van der Waals surface area contributed by atoms with Crippen molar-refractivity contribution >= 4 is 34.6 Å². The average molecular weight is 443 g/mol. The highest BCUT2D eigenvalue weighted by Gasteiger charge is 2.38. The standard InChI is InChI=1S/C19H20F3N3O6/c1-10-8-15(26)31-14-9-11(5-6-12(10)14)24-16(27)13(25-18(29)30)4-2-3-7-23-17(28)19(20,21)22/h5-6,8-9,13,25H,2-4,7H2,1H3,(H,23,28)(H,24,27)(H,29,30)/t13-/m0/s1. The first-order chi connectivity index (χ1) is 14.5. The molecule has 4 N–H and O–H groups in total. The number of amides is 3. The minimum Gasteiger partial charge on any atom is -0.465 e. The molecule has 0 radical (unpaired) electrons. The Kier molecular flexibility index (Phi) is 7.61. The number of carbonyl (C=O) groups excluding carboxylic acids is 2. The second-order valence-corrected chi connectivity index (χ2v) is 6.70. The number of rotatable bonds is 8.